The quantitative estimate of drug-likeness (QED) is 0.847. The summed E-state index contributed by atoms with van der Waals surface area (Å²) in [6, 6.07) is 3.55. The minimum absolute atomic E-state index is 0. The summed E-state index contributed by atoms with van der Waals surface area (Å²) in [6.45, 7) is 0. The summed E-state index contributed by atoms with van der Waals surface area (Å²) in [4.78, 5) is 0. The molecule has 1 saturated carbocycles. The van der Waals surface area contributed by atoms with Gasteiger partial charge in [-0.25, -0.2) is 0 Å². The predicted octanol–water partition coefficient (Wildman–Crippen LogP) is 3.75. The summed E-state index contributed by atoms with van der Waals surface area (Å²) < 4.78 is 1.73. The van der Waals surface area contributed by atoms with Crippen molar-refractivity contribution in [1.82, 2.24) is 0 Å². The Bertz CT molecular complexity index is 345. The number of phenols is 1. The first-order valence-electron chi connectivity index (χ1n) is 4.53. The Balaban J connectivity index is 0.00000112. The highest BCUT2D eigenvalue weighted by molar-refractivity contribution is 9.11. The number of rotatable bonds is 2. The van der Waals surface area contributed by atoms with Gasteiger partial charge in [0.15, 0.2) is 0 Å². The zero-order valence-electron chi connectivity index (χ0n) is 7.91. The molecule has 15 heavy (non-hydrogen) atoms. The summed E-state index contributed by atoms with van der Waals surface area (Å²) in [7, 11) is 0. The first-order chi connectivity index (χ1) is 6.59. The summed E-state index contributed by atoms with van der Waals surface area (Å²) in [5, 5.41) is 9.78. The Kier molecular flexibility index (Phi) is 4.47. The van der Waals surface area contributed by atoms with Gasteiger partial charge in [-0.1, -0.05) is 31.9 Å². The second-order valence-electron chi connectivity index (χ2n) is 3.68. The van der Waals surface area contributed by atoms with Crippen LogP contribution in [-0.4, -0.2) is 5.11 Å². The second kappa shape index (κ2) is 5.04. The highest BCUT2D eigenvalue weighted by atomic mass is 79.9. The molecule has 0 aliphatic heterocycles. The third-order valence-corrected chi connectivity index (χ3v) is 3.65. The molecule has 0 unspecified atom stereocenters. The van der Waals surface area contributed by atoms with Crippen LogP contribution in [0.15, 0.2) is 21.1 Å². The Hall–Kier alpha value is 0.230. The van der Waals surface area contributed by atoms with Crippen molar-refractivity contribution in [3.8, 4) is 5.75 Å². The van der Waals surface area contributed by atoms with Gasteiger partial charge in [-0.05, 0) is 30.9 Å². The molecular weight excluding hydrogens is 345 g/mol. The molecule has 0 heterocycles. The molecule has 3 N–H and O–H groups in total. The number of benzene rings is 1. The fourth-order valence-electron chi connectivity index (χ4n) is 1.59. The Morgan fingerprint density at radius 3 is 2.40 bits per heavy atom. The van der Waals surface area contributed by atoms with Crippen molar-refractivity contribution in [3.63, 3.8) is 0 Å². The first kappa shape index (κ1) is 13.3. The van der Waals surface area contributed by atoms with Gasteiger partial charge in [0, 0.05) is 20.6 Å². The van der Waals surface area contributed by atoms with Crippen molar-refractivity contribution in [3.05, 3.63) is 26.6 Å². The molecule has 0 radical (unpaired) electrons. The summed E-state index contributed by atoms with van der Waals surface area (Å²) >= 11 is 6.74. The Labute approximate surface area is 112 Å². The Morgan fingerprint density at radius 1 is 1.33 bits per heavy atom. The van der Waals surface area contributed by atoms with Crippen LogP contribution in [0.5, 0.6) is 5.75 Å². The van der Waals surface area contributed by atoms with Gasteiger partial charge < -0.3 is 10.8 Å². The molecule has 1 fully saturated rings. The van der Waals surface area contributed by atoms with E-state index in [1.54, 1.807) is 6.07 Å². The van der Waals surface area contributed by atoms with E-state index in [4.69, 9.17) is 5.73 Å². The Morgan fingerprint density at radius 2 is 1.93 bits per heavy atom. The van der Waals surface area contributed by atoms with Gasteiger partial charge in [0.05, 0.1) is 0 Å². The van der Waals surface area contributed by atoms with Crippen LogP contribution >= 0.6 is 44.3 Å². The van der Waals surface area contributed by atoms with Crippen LogP contribution in [0.1, 0.15) is 24.4 Å². The molecule has 0 spiro atoms. The van der Waals surface area contributed by atoms with Gasteiger partial charge in [-0.2, -0.15) is 0 Å². The highest BCUT2D eigenvalue weighted by Crippen LogP contribution is 2.45. The molecule has 84 valence electrons. The van der Waals surface area contributed by atoms with Gasteiger partial charge in [0.1, 0.15) is 5.75 Å². The molecule has 2 rings (SSSR count). The normalized spacial score (nSPS) is 17.0. The van der Waals surface area contributed by atoms with Crippen molar-refractivity contribution in [2.24, 2.45) is 11.7 Å². The van der Waals surface area contributed by atoms with Crippen molar-refractivity contribution >= 4 is 44.3 Å². The molecule has 0 amide bonds. The summed E-state index contributed by atoms with van der Waals surface area (Å²) in [6.07, 6.45) is 2.34. The van der Waals surface area contributed by atoms with Crippen molar-refractivity contribution < 1.29 is 5.11 Å². The lowest BCUT2D eigenvalue weighted by atomic mass is 10.0. The van der Waals surface area contributed by atoms with Crippen molar-refractivity contribution in [2.75, 3.05) is 0 Å². The first-order valence-corrected chi connectivity index (χ1v) is 6.11. The standard InChI is InChI=1S/C10H11Br2NO.ClH/c11-6-3-7(12)9(8(14)4-6)10(13)5-1-2-5;/h3-5,10,14H,1-2,13H2;1H/t10-;/m0./s1. The van der Waals surface area contributed by atoms with Crippen LogP contribution in [-0.2, 0) is 0 Å². The highest BCUT2D eigenvalue weighted by Gasteiger charge is 2.32. The number of nitrogens with two attached hydrogens (primary N) is 1. The monoisotopic (exact) mass is 355 g/mol. The zero-order valence-corrected chi connectivity index (χ0v) is 11.9. The van der Waals surface area contributed by atoms with E-state index >= 15 is 0 Å². The van der Waals surface area contributed by atoms with Crippen LogP contribution in [0, 0.1) is 5.92 Å². The minimum Gasteiger partial charge on any atom is -0.508 e. The molecule has 1 aliphatic rings. The topological polar surface area (TPSA) is 46.2 Å². The maximum Gasteiger partial charge on any atom is 0.122 e. The minimum atomic E-state index is -0.0440. The van der Waals surface area contributed by atoms with Gasteiger partial charge in [0.2, 0.25) is 0 Å². The number of hydrogen-bond acceptors (Lipinski definition) is 2. The molecule has 5 heteroatoms. The molecule has 0 aromatic heterocycles. The molecule has 1 aliphatic carbocycles. The lowest BCUT2D eigenvalue weighted by molar-refractivity contribution is 0.455. The molecule has 0 bridgehead atoms. The second-order valence-corrected chi connectivity index (χ2v) is 5.45. The molecule has 1 atom stereocenters. The van der Waals surface area contributed by atoms with E-state index < -0.39 is 0 Å². The fraction of sp³-hybridized carbons (Fsp3) is 0.400. The van der Waals surface area contributed by atoms with E-state index in [1.807, 2.05) is 6.07 Å². The zero-order chi connectivity index (χ0) is 10.3. The molecule has 1 aromatic rings. The van der Waals surface area contributed by atoms with Gasteiger partial charge >= 0.3 is 0 Å². The van der Waals surface area contributed by atoms with Gasteiger partial charge in [-0.15, -0.1) is 12.4 Å². The maximum atomic E-state index is 9.78. The largest absolute Gasteiger partial charge is 0.508 e. The van der Waals surface area contributed by atoms with Crippen molar-refractivity contribution in [1.29, 1.82) is 0 Å². The number of hydrogen-bond donors (Lipinski definition) is 2. The number of halogens is 3. The van der Waals surface area contributed by atoms with Crippen molar-refractivity contribution in [2.45, 2.75) is 18.9 Å². The predicted molar refractivity (Wildman–Crippen MR) is 70.4 cm³/mol. The average molecular weight is 357 g/mol. The van der Waals surface area contributed by atoms with Crippen LogP contribution in [0.3, 0.4) is 0 Å². The fourth-order valence-corrected chi connectivity index (χ4v) is 3.06. The molecule has 1 aromatic carbocycles. The molecule has 2 nitrogen and oxygen atoms in total. The number of phenolic OH excluding ortho intramolecular Hbond substituents is 1. The van der Waals surface area contributed by atoms with E-state index in [0.29, 0.717) is 5.92 Å². The molecule has 0 saturated heterocycles. The van der Waals surface area contributed by atoms with Crippen LogP contribution in [0.25, 0.3) is 0 Å². The van der Waals surface area contributed by atoms with Gasteiger partial charge in [0.25, 0.3) is 0 Å². The maximum absolute atomic E-state index is 9.78. The molecular formula is C10H12Br2ClNO. The SMILES string of the molecule is Cl.N[C@H](c1c(O)cc(Br)cc1Br)C1CC1. The summed E-state index contributed by atoms with van der Waals surface area (Å²) in [5.41, 5.74) is 6.88. The smallest absolute Gasteiger partial charge is 0.122 e. The van der Waals surface area contributed by atoms with E-state index in [0.717, 1.165) is 14.5 Å². The van der Waals surface area contributed by atoms with Crippen LogP contribution in [0.2, 0.25) is 0 Å². The van der Waals surface area contributed by atoms with Gasteiger partial charge in [-0.3, -0.25) is 0 Å². The third-order valence-electron chi connectivity index (χ3n) is 2.54. The third kappa shape index (κ3) is 2.87. The van der Waals surface area contributed by atoms with E-state index in [-0.39, 0.29) is 24.2 Å². The summed E-state index contributed by atoms with van der Waals surface area (Å²) in [5.74, 6) is 0.809. The lowest BCUT2D eigenvalue weighted by Gasteiger charge is -2.15. The van der Waals surface area contributed by atoms with E-state index in [2.05, 4.69) is 31.9 Å². The van der Waals surface area contributed by atoms with E-state index in [1.165, 1.54) is 12.8 Å². The van der Waals surface area contributed by atoms with Crippen LogP contribution in [0.4, 0.5) is 0 Å². The van der Waals surface area contributed by atoms with E-state index in [9.17, 15) is 5.11 Å². The number of aromatic hydroxyl groups is 1. The van der Waals surface area contributed by atoms with Crippen LogP contribution < -0.4 is 5.73 Å². The average Bonchev–Trinajstić information content (AvgIpc) is 2.83. The lowest BCUT2D eigenvalue weighted by Crippen LogP contribution is -2.13.